The van der Waals surface area contributed by atoms with Crippen LogP contribution in [0.5, 0.6) is 0 Å². The Balaban J connectivity index is 2.59. The Labute approximate surface area is 105 Å². The maximum atomic E-state index is 11.3. The fourth-order valence-electron chi connectivity index (χ4n) is 2.34. The number of hydrogen-bond donors (Lipinski definition) is 2. The van der Waals surface area contributed by atoms with Gasteiger partial charge < -0.3 is 0 Å². The molecule has 0 bridgehead atoms. The summed E-state index contributed by atoms with van der Waals surface area (Å²) in [5.74, 6) is -0.646. The van der Waals surface area contributed by atoms with Gasteiger partial charge in [-0.3, -0.25) is 9.11 Å². The molecule has 100 valence electrons. The Bertz CT molecular complexity index is 650. The first-order valence-corrected chi connectivity index (χ1v) is 8.16. The molecule has 0 amide bonds. The van der Waals surface area contributed by atoms with E-state index in [2.05, 4.69) is 0 Å². The van der Waals surface area contributed by atoms with E-state index < -0.39 is 31.4 Å². The first-order chi connectivity index (χ1) is 8.21. The van der Waals surface area contributed by atoms with Crippen molar-refractivity contribution in [1.29, 1.82) is 0 Å². The maximum Gasteiger partial charge on any atom is 0.294 e. The lowest BCUT2D eigenvalue weighted by Gasteiger charge is -2.30. The van der Waals surface area contributed by atoms with Gasteiger partial charge in [0.15, 0.2) is 0 Å². The summed E-state index contributed by atoms with van der Waals surface area (Å²) < 4.78 is 63.2. The Morgan fingerprint density at radius 3 is 2.17 bits per heavy atom. The van der Waals surface area contributed by atoms with Crippen molar-refractivity contribution in [2.45, 2.75) is 18.1 Å². The fraction of sp³-hybridized carbons (Fsp3) is 0.400. The van der Waals surface area contributed by atoms with Crippen LogP contribution in [-0.4, -0.2) is 31.2 Å². The van der Waals surface area contributed by atoms with Gasteiger partial charge in [0.1, 0.15) is 0 Å². The summed E-state index contributed by atoms with van der Waals surface area (Å²) >= 11 is 0. The molecule has 2 unspecified atom stereocenters. The number of rotatable bonds is 2. The van der Waals surface area contributed by atoms with Gasteiger partial charge in [-0.25, -0.2) is 0 Å². The predicted molar refractivity (Wildman–Crippen MR) is 64.9 cm³/mol. The number of hydrogen-bond acceptors (Lipinski definition) is 4. The van der Waals surface area contributed by atoms with Crippen LogP contribution in [0, 0.1) is 5.92 Å². The van der Waals surface area contributed by atoms with E-state index in [0.29, 0.717) is 6.42 Å². The zero-order valence-electron chi connectivity index (χ0n) is 9.22. The molecule has 2 N–H and O–H groups in total. The molecule has 2 aliphatic rings. The fourth-order valence-corrected chi connectivity index (χ4v) is 4.16. The Morgan fingerprint density at radius 2 is 1.61 bits per heavy atom. The van der Waals surface area contributed by atoms with Gasteiger partial charge in [0, 0.05) is 5.92 Å². The summed E-state index contributed by atoms with van der Waals surface area (Å²) in [5, 5.41) is -1.07. The molecule has 6 nitrogen and oxygen atoms in total. The quantitative estimate of drug-likeness (QED) is 0.733. The van der Waals surface area contributed by atoms with Gasteiger partial charge >= 0.3 is 0 Å². The van der Waals surface area contributed by atoms with Crippen LogP contribution in [0.3, 0.4) is 0 Å². The van der Waals surface area contributed by atoms with Crippen molar-refractivity contribution >= 4 is 20.2 Å². The highest BCUT2D eigenvalue weighted by Crippen LogP contribution is 2.38. The molecule has 0 aliphatic heterocycles. The first-order valence-electron chi connectivity index (χ1n) is 5.22. The minimum Gasteiger partial charge on any atom is -0.285 e. The van der Waals surface area contributed by atoms with Gasteiger partial charge in [-0.1, -0.05) is 18.2 Å². The molecule has 0 saturated heterocycles. The largest absolute Gasteiger partial charge is 0.294 e. The zero-order valence-corrected chi connectivity index (χ0v) is 10.9. The molecule has 2 atom stereocenters. The van der Waals surface area contributed by atoms with Crippen molar-refractivity contribution in [2.75, 3.05) is 0 Å². The van der Waals surface area contributed by atoms with Crippen LogP contribution in [0.25, 0.3) is 0 Å². The summed E-state index contributed by atoms with van der Waals surface area (Å²) in [4.78, 5) is -0.302. The highest BCUT2D eigenvalue weighted by Gasteiger charge is 2.38. The van der Waals surface area contributed by atoms with Crippen LogP contribution in [0.2, 0.25) is 0 Å². The summed E-state index contributed by atoms with van der Waals surface area (Å²) in [6.45, 7) is 0. The van der Waals surface area contributed by atoms with Gasteiger partial charge in [0.25, 0.3) is 20.2 Å². The lowest BCUT2D eigenvalue weighted by atomic mass is 9.83. The monoisotopic (exact) mass is 292 g/mol. The smallest absolute Gasteiger partial charge is 0.285 e. The summed E-state index contributed by atoms with van der Waals surface area (Å²) in [6, 6.07) is 0. The van der Waals surface area contributed by atoms with Crippen molar-refractivity contribution in [3.05, 3.63) is 34.8 Å². The molecule has 0 radical (unpaired) electrons. The predicted octanol–water partition coefficient (Wildman–Crippen LogP) is 0.921. The van der Waals surface area contributed by atoms with E-state index in [4.69, 9.17) is 9.11 Å². The Kier molecular flexibility index (Phi) is 3.22. The van der Waals surface area contributed by atoms with E-state index in [0.717, 1.165) is 0 Å². The molecule has 0 heterocycles. The molecule has 0 saturated carbocycles. The lowest BCUT2D eigenvalue weighted by molar-refractivity contribution is 0.435. The van der Waals surface area contributed by atoms with Crippen molar-refractivity contribution in [3.63, 3.8) is 0 Å². The molecule has 0 aromatic heterocycles. The van der Waals surface area contributed by atoms with Gasteiger partial charge in [0.2, 0.25) is 0 Å². The lowest BCUT2D eigenvalue weighted by Crippen LogP contribution is -2.33. The van der Waals surface area contributed by atoms with Crippen LogP contribution < -0.4 is 0 Å². The van der Waals surface area contributed by atoms with E-state index in [1.165, 1.54) is 24.3 Å². The molecule has 2 aliphatic carbocycles. The van der Waals surface area contributed by atoms with Crippen molar-refractivity contribution in [3.8, 4) is 0 Å². The molecule has 0 aromatic rings. The zero-order chi connectivity index (χ0) is 13.6. The molecule has 0 fully saturated rings. The molecule has 0 aromatic carbocycles. The third kappa shape index (κ3) is 2.41. The van der Waals surface area contributed by atoms with E-state index in [1.54, 1.807) is 0 Å². The third-order valence-electron chi connectivity index (χ3n) is 3.12. The van der Waals surface area contributed by atoms with Crippen LogP contribution in [0.4, 0.5) is 0 Å². The Morgan fingerprint density at radius 1 is 1.00 bits per heavy atom. The maximum absolute atomic E-state index is 11.3. The minimum atomic E-state index is -4.40. The van der Waals surface area contributed by atoms with Crippen LogP contribution in [0.1, 0.15) is 12.8 Å². The normalized spacial score (nSPS) is 28.3. The van der Waals surface area contributed by atoms with E-state index in [9.17, 15) is 16.8 Å². The highest BCUT2D eigenvalue weighted by atomic mass is 32.2. The van der Waals surface area contributed by atoms with Crippen LogP contribution >= 0.6 is 0 Å². The third-order valence-corrected chi connectivity index (χ3v) is 5.33. The van der Waals surface area contributed by atoms with Crippen LogP contribution in [-0.2, 0) is 20.2 Å². The molecular weight excluding hydrogens is 280 g/mol. The topological polar surface area (TPSA) is 109 Å². The first kappa shape index (κ1) is 13.5. The van der Waals surface area contributed by atoms with Crippen molar-refractivity contribution in [2.24, 2.45) is 5.92 Å². The van der Waals surface area contributed by atoms with Gasteiger partial charge in [0.05, 0.1) is 10.2 Å². The summed E-state index contributed by atoms with van der Waals surface area (Å²) in [5.41, 5.74) is 0.230. The Hall–Kier alpha value is -0.960. The SMILES string of the molecule is O=S(=O)(O)C1=C2C=CCC(S(=O)(=O)O)C2CC=C1. The molecule has 0 spiro atoms. The molecular formula is C10H12O6S2. The minimum absolute atomic E-state index is 0.125. The second-order valence-corrected chi connectivity index (χ2v) is 7.26. The van der Waals surface area contributed by atoms with Gasteiger partial charge in [-0.05, 0) is 24.5 Å². The van der Waals surface area contributed by atoms with Crippen LogP contribution in [0.15, 0.2) is 34.8 Å². The van der Waals surface area contributed by atoms with E-state index in [-0.39, 0.29) is 16.9 Å². The van der Waals surface area contributed by atoms with E-state index >= 15 is 0 Å². The average molecular weight is 292 g/mol. The second-order valence-electron chi connectivity index (χ2n) is 4.23. The number of allylic oxidation sites excluding steroid dienone is 5. The second kappa shape index (κ2) is 4.30. The molecule has 18 heavy (non-hydrogen) atoms. The number of fused-ring (bicyclic) bond motifs is 1. The van der Waals surface area contributed by atoms with Crippen molar-refractivity contribution in [1.82, 2.24) is 0 Å². The van der Waals surface area contributed by atoms with E-state index in [1.807, 2.05) is 0 Å². The van der Waals surface area contributed by atoms with Gasteiger partial charge in [-0.15, -0.1) is 0 Å². The summed E-state index contributed by atoms with van der Waals surface area (Å²) in [6.07, 6.45) is 6.13. The average Bonchev–Trinajstić information content (AvgIpc) is 2.24. The molecule has 8 heteroatoms. The standard InChI is InChI=1S/C10H12O6S2/c11-17(12,13)9-5-1-3-7-8(9)4-2-6-10(7)18(14,15)16/h1-3,6,8-9H,4-5H2,(H,11,12,13)(H,14,15,16). The summed E-state index contributed by atoms with van der Waals surface area (Å²) in [7, 11) is -8.66. The van der Waals surface area contributed by atoms with Gasteiger partial charge in [-0.2, -0.15) is 16.8 Å². The molecule has 2 rings (SSSR count). The highest BCUT2D eigenvalue weighted by molar-refractivity contribution is 7.90. The van der Waals surface area contributed by atoms with Crippen molar-refractivity contribution < 1.29 is 25.9 Å².